The molecule has 3 rings (SSSR count). The van der Waals surface area contributed by atoms with Crippen LogP contribution in [0, 0.1) is 0 Å². The number of hydrogen-bond acceptors (Lipinski definition) is 7. The number of nitrogens with one attached hydrogen (secondary N) is 1. The van der Waals surface area contributed by atoms with E-state index in [0.29, 0.717) is 43.1 Å². The molecular weight excluding hydrogens is 402 g/mol. The molecule has 1 aliphatic heterocycles. The highest BCUT2D eigenvalue weighted by molar-refractivity contribution is 7.91. The third kappa shape index (κ3) is 5.95. The predicted octanol–water partition coefficient (Wildman–Crippen LogP) is 1.80. The summed E-state index contributed by atoms with van der Waals surface area (Å²) in [6.45, 7) is 1.52. The standard InChI is InChI=1S/C22H31N3O4S/c23-11-1-2-12-30(27,28)20-9-10-22-17(13-20)5-8-19(29-22)14-25-15-21(26)16-3-6-18(24)7-4-16/h3-4,6-7,9-10,13,19,21,25-26H,1-2,5,8,11-12,14-15,23-24H2. The van der Waals surface area contributed by atoms with Crippen LogP contribution in [0.25, 0.3) is 0 Å². The molecule has 0 radical (unpaired) electrons. The number of fused-ring (bicyclic) bond motifs is 1. The van der Waals surface area contributed by atoms with Gasteiger partial charge in [-0.25, -0.2) is 8.42 Å². The van der Waals surface area contributed by atoms with Crippen LogP contribution in [0.2, 0.25) is 0 Å². The average molecular weight is 434 g/mol. The Hall–Kier alpha value is -2.13. The van der Waals surface area contributed by atoms with E-state index in [1.807, 2.05) is 12.1 Å². The third-order valence-corrected chi connectivity index (χ3v) is 7.12. The summed E-state index contributed by atoms with van der Waals surface area (Å²) in [6.07, 6.45) is 2.18. The maximum Gasteiger partial charge on any atom is 0.178 e. The van der Waals surface area contributed by atoms with Crippen molar-refractivity contribution in [1.82, 2.24) is 5.32 Å². The number of aliphatic hydroxyl groups excluding tert-OH is 1. The molecule has 2 atom stereocenters. The van der Waals surface area contributed by atoms with Gasteiger partial charge in [0.2, 0.25) is 0 Å². The summed E-state index contributed by atoms with van der Waals surface area (Å²) in [7, 11) is -3.29. The number of unbranched alkanes of at least 4 members (excludes halogenated alkanes) is 1. The second-order valence-corrected chi connectivity index (χ2v) is 9.81. The summed E-state index contributed by atoms with van der Waals surface area (Å²) in [5.74, 6) is 0.847. The van der Waals surface area contributed by atoms with Crippen molar-refractivity contribution in [2.45, 2.75) is 42.8 Å². The minimum Gasteiger partial charge on any atom is -0.489 e. The van der Waals surface area contributed by atoms with E-state index in [4.69, 9.17) is 16.2 Å². The van der Waals surface area contributed by atoms with Gasteiger partial charge in [0.1, 0.15) is 11.9 Å². The fourth-order valence-corrected chi connectivity index (χ4v) is 4.95. The molecule has 0 aromatic heterocycles. The molecule has 1 aliphatic rings. The lowest BCUT2D eigenvalue weighted by molar-refractivity contribution is 0.146. The molecule has 6 N–H and O–H groups in total. The van der Waals surface area contributed by atoms with Crippen molar-refractivity contribution >= 4 is 15.5 Å². The second kappa shape index (κ2) is 10.3. The number of aryl methyl sites for hydroxylation is 1. The average Bonchev–Trinajstić information content (AvgIpc) is 2.74. The first kappa shape index (κ1) is 22.6. The molecule has 0 amide bonds. The fourth-order valence-electron chi connectivity index (χ4n) is 3.53. The number of benzene rings is 2. The zero-order chi connectivity index (χ0) is 21.6. The van der Waals surface area contributed by atoms with Gasteiger partial charge in [0.05, 0.1) is 16.8 Å². The highest BCUT2D eigenvalue weighted by Gasteiger charge is 2.23. The van der Waals surface area contributed by atoms with Gasteiger partial charge >= 0.3 is 0 Å². The first-order valence-corrected chi connectivity index (χ1v) is 12.0. The van der Waals surface area contributed by atoms with E-state index in [1.54, 1.807) is 30.3 Å². The van der Waals surface area contributed by atoms with Crippen LogP contribution < -0.4 is 21.5 Å². The lowest BCUT2D eigenvalue weighted by Gasteiger charge is -2.27. The Morgan fingerprint density at radius 1 is 1.17 bits per heavy atom. The van der Waals surface area contributed by atoms with E-state index >= 15 is 0 Å². The molecule has 0 saturated heterocycles. The van der Waals surface area contributed by atoms with Crippen LogP contribution in [-0.4, -0.2) is 45.0 Å². The lowest BCUT2D eigenvalue weighted by Crippen LogP contribution is -2.36. The maximum absolute atomic E-state index is 12.5. The number of nitrogen functional groups attached to an aromatic ring is 1. The number of nitrogens with two attached hydrogens (primary N) is 2. The first-order valence-electron chi connectivity index (χ1n) is 10.4. The Morgan fingerprint density at radius 3 is 2.67 bits per heavy atom. The smallest absolute Gasteiger partial charge is 0.178 e. The molecular formula is C22H31N3O4S. The summed E-state index contributed by atoms with van der Waals surface area (Å²) < 4.78 is 31.0. The molecule has 8 heteroatoms. The Morgan fingerprint density at radius 2 is 1.93 bits per heavy atom. The summed E-state index contributed by atoms with van der Waals surface area (Å²) in [5.41, 5.74) is 13.5. The topological polar surface area (TPSA) is 128 Å². The molecule has 0 spiro atoms. The number of anilines is 1. The van der Waals surface area contributed by atoms with Gasteiger partial charge in [-0.3, -0.25) is 0 Å². The summed E-state index contributed by atoms with van der Waals surface area (Å²) in [4.78, 5) is 0.352. The number of ether oxygens (including phenoxy) is 1. The largest absolute Gasteiger partial charge is 0.489 e. The van der Waals surface area contributed by atoms with E-state index in [2.05, 4.69) is 5.32 Å². The number of rotatable bonds is 10. The minimum absolute atomic E-state index is 0.0249. The molecule has 2 aromatic carbocycles. The van der Waals surface area contributed by atoms with Crippen LogP contribution >= 0.6 is 0 Å². The summed E-state index contributed by atoms with van der Waals surface area (Å²) in [6, 6.07) is 12.3. The van der Waals surface area contributed by atoms with Crippen molar-refractivity contribution in [2.24, 2.45) is 5.73 Å². The highest BCUT2D eigenvalue weighted by atomic mass is 32.2. The molecule has 2 aromatic rings. The van der Waals surface area contributed by atoms with Crippen LogP contribution in [0.4, 0.5) is 5.69 Å². The zero-order valence-electron chi connectivity index (χ0n) is 17.1. The maximum atomic E-state index is 12.5. The Kier molecular flexibility index (Phi) is 7.71. The van der Waals surface area contributed by atoms with Crippen LogP contribution in [0.3, 0.4) is 0 Å². The Labute approximate surface area is 178 Å². The Bertz CT molecular complexity index is 932. The normalized spacial score (nSPS) is 17.2. The SMILES string of the molecule is NCCCCS(=O)(=O)c1ccc2c(c1)CCC(CNCC(O)c1ccc(N)cc1)O2. The first-order chi connectivity index (χ1) is 14.4. The van der Waals surface area contributed by atoms with Crippen LogP contribution in [0.1, 0.15) is 36.5 Å². The van der Waals surface area contributed by atoms with Gasteiger partial charge in [-0.1, -0.05) is 12.1 Å². The quantitative estimate of drug-likeness (QED) is 0.332. The molecule has 0 fully saturated rings. The van der Waals surface area contributed by atoms with Gasteiger partial charge in [-0.2, -0.15) is 0 Å². The van der Waals surface area contributed by atoms with Crippen molar-refractivity contribution in [2.75, 3.05) is 31.1 Å². The van der Waals surface area contributed by atoms with Crippen LogP contribution in [-0.2, 0) is 16.3 Å². The van der Waals surface area contributed by atoms with Gasteiger partial charge < -0.3 is 26.6 Å². The molecule has 0 bridgehead atoms. The molecule has 0 saturated carbocycles. The van der Waals surface area contributed by atoms with Crippen LogP contribution in [0.5, 0.6) is 5.75 Å². The van der Waals surface area contributed by atoms with E-state index in [1.165, 1.54) is 0 Å². The van der Waals surface area contributed by atoms with Gasteiger partial charge in [-0.15, -0.1) is 0 Å². The van der Waals surface area contributed by atoms with Gasteiger partial charge in [0.15, 0.2) is 9.84 Å². The summed E-state index contributed by atoms with van der Waals surface area (Å²) >= 11 is 0. The number of aliphatic hydroxyl groups is 1. The number of sulfone groups is 1. The predicted molar refractivity (Wildman–Crippen MR) is 118 cm³/mol. The lowest BCUT2D eigenvalue weighted by atomic mass is 10.0. The van der Waals surface area contributed by atoms with Gasteiger partial charge in [-0.05, 0) is 73.7 Å². The van der Waals surface area contributed by atoms with E-state index in [-0.39, 0.29) is 11.9 Å². The van der Waals surface area contributed by atoms with Crippen molar-refractivity contribution < 1.29 is 18.3 Å². The second-order valence-electron chi connectivity index (χ2n) is 7.70. The zero-order valence-corrected chi connectivity index (χ0v) is 17.9. The fraction of sp³-hybridized carbons (Fsp3) is 0.455. The molecule has 164 valence electrons. The van der Waals surface area contributed by atoms with Crippen molar-refractivity contribution in [3.8, 4) is 5.75 Å². The number of hydrogen-bond donors (Lipinski definition) is 4. The highest BCUT2D eigenvalue weighted by Crippen LogP contribution is 2.30. The van der Waals surface area contributed by atoms with Gasteiger partial charge in [0.25, 0.3) is 0 Å². The molecule has 2 unspecified atom stereocenters. The van der Waals surface area contributed by atoms with Gasteiger partial charge in [0, 0.05) is 18.8 Å². The molecule has 30 heavy (non-hydrogen) atoms. The molecule has 7 nitrogen and oxygen atoms in total. The van der Waals surface area contributed by atoms with E-state index in [0.717, 1.165) is 29.7 Å². The van der Waals surface area contributed by atoms with Crippen molar-refractivity contribution in [1.29, 1.82) is 0 Å². The van der Waals surface area contributed by atoms with E-state index < -0.39 is 15.9 Å². The minimum atomic E-state index is -3.29. The third-order valence-electron chi connectivity index (χ3n) is 5.32. The molecule has 1 heterocycles. The molecule has 0 aliphatic carbocycles. The van der Waals surface area contributed by atoms with Crippen LogP contribution in [0.15, 0.2) is 47.4 Å². The Balaban J connectivity index is 1.51. The monoisotopic (exact) mass is 433 g/mol. The van der Waals surface area contributed by atoms with Crippen molar-refractivity contribution in [3.63, 3.8) is 0 Å². The van der Waals surface area contributed by atoms with E-state index in [9.17, 15) is 13.5 Å². The van der Waals surface area contributed by atoms with Crippen molar-refractivity contribution in [3.05, 3.63) is 53.6 Å². The summed E-state index contributed by atoms with van der Waals surface area (Å²) in [5, 5.41) is 13.5.